The number of hydrogen-bond donors (Lipinski definition) is 1. The molecule has 1 heterocycles. The summed E-state index contributed by atoms with van der Waals surface area (Å²) in [5, 5.41) is 3.63. The Morgan fingerprint density at radius 3 is 2.13 bits per heavy atom. The van der Waals surface area contributed by atoms with Gasteiger partial charge in [-0.3, -0.25) is 4.98 Å². The standard InChI is InChI=1S/C13H20N2/c1-12(2)11(13(12,3)4)15-9-10-5-7-14-8-6-10/h5-8,11,15H,9H2,1-4H3. The SMILES string of the molecule is CC1(C)C(NCc2ccncc2)C1(C)C. The Labute approximate surface area is 92.1 Å². The van der Waals surface area contributed by atoms with Gasteiger partial charge in [-0.05, 0) is 28.5 Å². The normalized spacial score (nSPS) is 22.7. The van der Waals surface area contributed by atoms with Gasteiger partial charge < -0.3 is 5.32 Å². The number of hydrogen-bond acceptors (Lipinski definition) is 2. The van der Waals surface area contributed by atoms with Crippen molar-refractivity contribution < 1.29 is 0 Å². The molecule has 2 heteroatoms. The van der Waals surface area contributed by atoms with Gasteiger partial charge in [0.1, 0.15) is 0 Å². The Bertz CT molecular complexity index is 327. The molecule has 82 valence electrons. The van der Waals surface area contributed by atoms with Gasteiger partial charge in [0, 0.05) is 25.0 Å². The Morgan fingerprint density at radius 2 is 1.67 bits per heavy atom. The van der Waals surface area contributed by atoms with E-state index in [4.69, 9.17) is 0 Å². The van der Waals surface area contributed by atoms with Crippen molar-refractivity contribution >= 4 is 0 Å². The van der Waals surface area contributed by atoms with Crippen molar-refractivity contribution in [1.29, 1.82) is 0 Å². The highest BCUT2D eigenvalue weighted by atomic mass is 15.0. The summed E-state index contributed by atoms with van der Waals surface area (Å²) in [6.07, 6.45) is 3.69. The fourth-order valence-corrected chi connectivity index (χ4v) is 2.43. The second-order valence-electron chi connectivity index (χ2n) is 5.61. The zero-order valence-electron chi connectivity index (χ0n) is 10.0. The van der Waals surface area contributed by atoms with Crippen LogP contribution in [0.3, 0.4) is 0 Å². The van der Waals surface area contributed by atoms with E-state index in [1.54, 1.807) is 0 Å². The maximum atomic E-state index is 4.02. The van der Waals surface area contributed by atoms with Gasteiger partial charge in [0.15, 0.2) is 0 Å². The molecule has 0 bridgehead atoms. The molecule has 1 aromatic heterocycles. The van der Waals surface area contributed by atoms with Gasteiger partial charge in [-0.15, -0.1) is 0 Å². The first-order valence-electron chi connectivity index (χ1n) is 5.58. The molecule has 1 aliphatic carbocycles. The topological polar surface area (TPSA) is 24.9 Å². The van der Waals surface area contributed by atoms with Gasteiger partial charge in [-0.1, -0.05) is 27.7 Å². The van der Waals surface area contributed by atoms with Crippen LogP contribution < -0.4 is 5.32 Å². The molecule has 1 saturated carbocycles. The minimum atomic E-state index is 0.417. The monoisotopic (exact) mass is 204 g/mol. The lowest BCUT2D eigenvalue weighted by molar-refractivity contribution is 0.457. The van der Waals surface area contributed by atoms with Gasteiger partial charge in [0.25, 0.3) is 0 Å². The van der Waals surface area contributed by atoms with E-state index in [9.17, 15) is 0 Å². The van der Waals surface area contributed by atoms with Crippen molar-refractivity contribution in [2.75, 3.05) is 0 Å². The molecular formula is C13H20N2. The third-order valence-corrected chi connectivity index (χ3v) is 4.28. The second kappa shape index (κ2) is 3.31. The first-order chi connectivity index (χ1) is 6.96. The summed E-state index contributed by atoms with van der Waals surface area (Å²) in [4.78, 5) is 4.02. The fraction of sp³-hybridized carbons (Fsp3) is 0.615. The summed E-state index contributed by atoms with van der Waals surface area (Å²) in [6.45, 7) is 10.3. The van der Waals surface area contributed by atoms with E-state index in [0.717, 1.165) is 6.54 Å². The molecule has 15 heavy (non-hydrogen) atoms. The molecule has 2 nitrogen and oxygen atoms in total. The average Bonchev–Trinajstić information content (AvgIpc) is 2.57. The summed E-state index contributed by atoms with van der Waals surface area (Å²) in [5.41, 5.74) is 2.14. The third kappa shape index (κ3) is 1.67. The van der Waals surface area contributed by atoms with Crippen LogP contribution in [0.25, 0.3) is 0 Å². The fourth-order valence-electron chi connectivity index (χ4n) is 2.43. The van der Waals surface area contributed by atoms with E-state index >= 15 is 0 Å². The highest BCUT2D eigenvalue weighted by Gasteiger charge is 2.64. The Balaban J connectivity index is 1.92. The van der Waals surface area contributed by atoms with Gasteiger partial charge in [-0.25, -0.2) is 0 Å². The molecule has 0 saturated heterocycles. The molecule has 1 aromatic rings. The van der Waals surface area contributed by atoms with Crippen LogP contribution in [0.15, 0.2) is 24.5 Å². The van der Waals surface area contributed by atoms with Crippen LogP contribution in [0.4, 0.5) is 0 Å². The lowest BCUT2D eigenvalue weighted by atomic mass is 10.0. The van der Waals surface area contributed by atoms with Crippen molar-refractivity contribution in [3.05, 3.63) is 30.1 Å². The maximum Gasteiger partial charge on any atom is 0.0271 e. The summed E-state index contributed by atoms with van der Waals surface area (Å²) in [6, 6.07) is 4.75. The highest BCUT2D eigenvalue weighted by molar-refractivity contribution is 5.19. The Hall–Kier alpha value is -0.890. The molecule has 2 rings (SSSR count). The summed E-state index contributed by atoms with van der Waals surface area (Å²) in [7, 11) is 0. The first kappa shape index (κ1) is 10.6. The number of rotatable bonds is 3. The Kier molecular flexibility index (Phi) is 2.34. The van der Waals surface area contributed by atoms with E-state index < -0.39 is 0 Å². The molecule has 0 radical (unpaired) electrons. The van der Waals surface area contributed by atoms with Crippen LogP contribution in [-0.2, 0) is 6.54 Å². The molecule has 0 aliphatic heterocycles. The number of nitrogens with one attached hydrogen (secondary N) is 1. The van der Waals surface area contributed by atoms with Crippen molar-refractivity contribution in [3.63, 3.8) is 0 Å². The highest BCUT2D eigenvalue weighted by Crippen LogP contribution is 2.62. The number of nitrogens with zero attached hydrogens (tertiary/aromatic N) is 1. The molecule has 1 aliphatic rings. The van der Waals surface area contributed by atoms with E-state index in [2.05, 4.69) is 50.1 Å². The minimum Gasteiger partial charge on any atom is -0.309 e. The number of aromatic nitrogens is 1. The molecule has 0 amide bonds. The average molecular weight is 204 g/mol. The molecular weight excluding hydrogens is 184 g/mol. The van der Waals surface area contributed by atoms with Crippen molar-refractivity contribution in [3.8, 4) is 0 Å². The van der Waals surface area contributed by atoms with Gasteiger partial charge in [0.05, 0.1) is 0 Å². The van der Waals surface area contributed by atoms with E-state index in [1.165, 1.54) is 5.56 Å². The zero-order chi connectivity index (χ0) is 11.1. The van der Waals surface area contributed by atoms with E-state index in [1.807, 2.05) is 12.4 Å². The van der Waals surface area contributed by atoms with Gasteiger partial charge >= 0.3 is 0 Å². The van der Waals surface area contributed by atoms with E-state index in [-0.39, 0.29) is 0 Å². The molecule has 0 unspecified atom stereocenters. The van der Waals surface area contributed by atoms with Crippen LogP contribution >= 0.6 is 0 Å². The summed E-state index contributed by atoms with van der Waals surface area (Å²) >= 11 is 0. The van der Waals surface area contributed by atoms with Gasteiger partial charge in [0.2, 0.25) is 0 Å². The third-order valence-electron chi connectivity index (χ3n) is 4.28. The molecule has 1 fully saturated rings. The first-order valence-corrected chi connectivity index (χ1v) is 5.58. The van der Waals surface area contributed by atoms with Gasteiger partial charge in [-0.2, -0.15) is 0 Å². The lowest BCUT2D eigenvalue weighted by Crippen LogP contribution is -2.21. The predicted octanol–water partition coefficient (Wildman–Crippen LogP) is 2.61. The van der Waals surface area contributed by atoms with Crippen LogP contribution in [0.2, 0.25) is 0 Å². The van der Waals surface area contributed by atoms with Crippen LogP contribution in [0.5, 0.6) is 0 Å². The van der Waals surface area contributed by atoms with Crippen LogP contribution in [0.1, 0.15) is 33.3 Å². The number of pyridine rings is 1. The van der Waals surface area contributed by atoms with Crippen molar-refractivity contribution in [2.45, 2.75) is 40.3 Å². The predicted molar refractivity (Wildman–Crippen MR) is 62.4 cm³/mol. The largest absolute Gasteiger partial charge is 0.309 e. The second-order valence-corrected chi connectivity index (χ2v) is 5.61. The summed E-state index contributed by atoms with van der Waals surface area (Å²) < 4.78 is 0. The lowest BCUT2D eigenvalue weighted by Gasteiger charge is -2.05. The molecule has 1 N–H and O–H groups in total. The summed E-state index contributed by atoms with van der Waals surface area (Å²) in [5.74, 6) is 0. The van der Waals surface area contributed by atoms with Crippen molar-refractivity contribution in [1.82, 2.24) is 10.3 Å². The minimum absolute atomic E-state index is 0.417. The Morgan fingerprint density at radius 1 is 1.13 bits per heavy atom. The van der Waals surface area contributed by atoms with Crippen LogP contribution in [0, 0.1) is 10.8 Å². The molecule has 0 spiro atoms. The maximum absolute atomic E-state index is 4.02. The van der Waals surface area contributed by atoms with Crippen molar-refractivity contribution in [2.24, 2.45) is 10.8 Å². The molecule has 0 atom stereocenters. The van der Waals surface area contributed by atoms with E-state index in [0.29, 0.717) is 16.9 Å². The zero-order valence-corrected chi connectivity index (χ0v) is 10.0. The quantitative estimate of drug-likeness (QED) is 0.818. The van der Waals surface area contributed by atoms with Crippen LogP contribution in [-0.4, -0.2) is 11.0 Å². The smallest absolute Gasteiger partial charge is 0.0271 e. The molecule has 0 aromatic carbocycles.